The number of aryl methyl sites for hydroxylation is 1. The number of sulfonamides is 1. The number of nitrogens with one attached hydrogen (secondary N) is 2. The van der Waals surface area contributed by atoms with Gasteiger partial charge in [-0.1, -0.05) is 6.42 Å². The quantitative estimate of drug-likeness (QED) is 0.652. The van der Waals surface area contributed by atoms with E-state index in [1.807, 2.05) is 0 Å². The molecule has 29 heavy (non-hydrogen) atoms. The van der Waals surface area contributed by atoms with Gasteiger partial charge in [0.2, 0.25) is 10.0 Å². The van der Waals surface area contributed by atoms with Crippen LogP contribution in [0.4, 0.5) is 18.9 Å². The highest BCUT2D eigenvalue weighted by Crippen LogP contribution is 2.28. The van der Waals surface area contributed by atoms with E-state index in [4.69, 9.17) is 0 Å². The van der Waals surface area contributed by atoms with E-state index in [0.29, 0.717) is 12.8 Å². The van der Waals surface area contributed by atoms with Crippen molar-refractivity contribution in [3.8, 4) is 0 Å². The topological polar surface area (TPSA) is 100 Å². The van der Waals surface area contributed by atoms with Crippen LogP contribution < -0.4 is 10.0 Å². The molecule has 1 aromatic heterocycles. The molecule has 1 aliphatic carbocycles. The number of aromatic nitrogens is 1. The number of halogens is 3. The lowest BCUT2D eigenvalue weighted by atomic mass is 10.1. The van der Waals surface area contributed by atoms with Gasteiger partial charge in [-0.25, -0.2) is 26.3 Å². The van der Waals surface area contributed by atoms with Crippen molar-refractivity contribution in [3.63, 3.8) is 0 Å². The van der Waals surface area contributed by atoms with E-state index in [2.05, 4.69) is 10.0 Å². The summed E-state index contributed by atoms with van der Waals surface area (Å²) in [5.74, 6) is -4.85. The van der Waals surface area contributed by atoms with Gasteiger partial charge in [-0.15, -0.1) is 0 Å². The summed E-state index contributed by atoms with van der Waals surface area (Å²) in [6.07, 6.45) is 2.86. The van der Waals surface area contributed by atoms with Crippen LogP contribution in [0.15, 0.2) is 29.3 Å². The maximum Gasteiger partial charge on any atom is 0.275 e. The van der Waals surface area contributed by atoms with Gasteiger partial charge >= 0.3 is 0 Å². The van der Waals surface area contributed by atoms with Crippen molar-refractivity contribution in [1.82, 2.24) is 9.29 Å². The third-order valence-corrected chi connectivity index (χ3v) is 6.45. The Hall–Kier alpha value is -2.37. The van der Waals surface area contributed by atoms with Crippen LogP contribution in [0, 0.1) is 23.4 Å². The first kappa shape index (κ1) is 21.3. The SMILES string of the molecule is Cn1cc(S(=O)(=O)NC2CCCC2CO)c(F)c1C(=O)Nc1ccc(F)c(F)c1. The van der Waals surface area contributed by atoms with Crippen LogP contribution >= 0.6 is 0 Å². The molecular formula is C18H20F3N3O4S. The van der Waals surface area contributed by atoms with Crippen LogP contribution in [0.1, 0.15) is 29.8 Å². The number of benzene rings is 1. The van der Waals surface area contributed by atoms with Crippen LogP contribution in [-0.2, 0) is 17.1 Å². The first-order valence-corrected chi connectivity index (χ1v) is 10.4. The Morgan fingerprint density at radius 3 is 2.62 bits per heavy atom. The van der Waals surface area contributed by atoms with Gasteiger partial charge in [-0.05, 0) is 30.9 Å². The molecule has 0 bridgehead atoms. The minimum atomic E-state index is -4.28. The lowest BCUT2D eigenvalue weighted by Crippen LogP contribution is -2.38. The van der Waals surface area contributed by atoms with Gasteiger partial charge in [0, 0.05) is 37.6 Å². The van der Waals surface area contributed by atoms with Gasteiger partial charge in [-0.3, -0.25) is 4.79 Å². The molecule has 3 rings (SSSR count). The fourth-order valence-corrected chi connectivity index (χ4v) is 4.92. The Morgan fingerprint density at radius 2 is 1.97 bits per heavy atom. The second-order valence-corrected chi connectivity index (χ2v) is 8.63. The van der Waals surface area contributed by atoms with E-state index >= 15 is 0 Å². The number of aliphatic hydroxyl groups excluding tert-OH is 1. The van der Waals surface area contributed by atoms with E-state index in [9.17, 15) is 31.5 Å². The van der Waals surface area contributed by atoms with Gasteiger partial charge in [0.15, 0.2) is 17.5 Å². The number of nitrogens with zero attached hydrogens (tertiary/aromatic N) is 1. The average molecular weight is 431 g/mol. The standard InChI is InChI=1S/C18H20F3N3O4S/c1-24-8-15(29(27,28)23-14-4-2-3-10(14)9-25)16(21)17(24)18(26)22-11-5-6-12(19)13(20)7-11/h5-8,10,14,23,25H,2-4,9H2,1H3,(H,22,26). The van der Waals surface area contributed by atoms with Crippen molar-refractivity contribution in [3.05, 3.63) is 47.5 Å². The van der Waals surface area contributed by atoms with E-state index < -0.39 is 50.0 Å². The van der Waals surface area contributed by atoms with Crippen molar-refractivity contribution in [2.45, 2.75) is 30.2 Å². The van der Waals surface area contributed by atoms with Crippen molar-refractivity contribution < 1.29 is 31.5 Å². The largest absolute Gasteiger partial charge is 0.396 e. The van der Waals surface area contributed by atoms with Gasteiger partial charge in [0.05, 0.1) is 0 Å². The summed E-state index contributed by atoms with van der Waals surface area (Å²) < 4.78 is 69.8. The number of anilines is 1. The molecule has 2 aromatic rings. The molecule has 0 saturated heterocycles. The summed E-state index contributed by atoms with van der Waals surface area (Å²) in [5, 5.41) is 11.5. The van der Waals surface area contributed by atoms with Gasteiger partial charge in [0.1, 0.15) is 10.6 Å². The number of carbonyl (C=O) groups is 1. The second kappa shape index (κ2) is 8.17. The van der Waals surface area contributed by atoms with E-state index in [0.717, 1.165) is 35.4 Å². The fourth-order valence-electron chi connectivity index (χ4n) is 3.45. The highest BCUT2D eigenvalue weighted by Gasteiger charge is 2.34. The van der Waals surface area contributed by atoms with Gasteiger partial charge < -0.3 is 15.0 Å². The maximum absolute atomic E-state index is 14.9. The zero-order valence-electron chi connectivity index (χ0n) is 15.5. The smallest absolute Gasteiger partial charge is 0.275 e. The predicted molar refractivity (Wildman–Crippen MR) is 98.2 cm³/mol. The summed E-state index contributed by atoms with van der Waals surface area (Å²) in [7, 11) is -3.00. The molecule has 1 aromatic carbocycles. The molecule has 1 aliphatic rings. The van der Waals surface area contributed by atoms with Gasteiger partial charge in [-0.2, -0.15) is 0 Å². The Balaban J connectivity index is 1.85. The Bertz CT molecular complexity index is 1040. The van der Waals surface area contributed by atoms with Crippen LogP contribution in [0.25, 0.3) is 0 Å². The molecular weight excluding hydrogens is 411 g/mol. The number of amides is 1. The zero-order chi connectivity index (χ0) is 21.3. The summed E-state index contributed by atoms with van der Waals surface area (Å²) in [4.78, 5) is 11.7. The van der Waals surface area contributed by atoms with Crippen LogP contribution in [0.5, 0.6) is 0 Å². The monoisotopic (exact) mass is 431 g/mol. The minimum absolute atomic E-state index is 0.117. The van der Waals surface area contributed by atoms with Crippen LogP contribution in [-0.4, -0.2) is 36.6 Å². The summed E-state index contributed by atoms with van der Waals surface area (Å²) >= 11 is 0. The number of rotatable bonds is 6. The molecule has 1 saturated carbocycles. The molecule has 1 heterocycles. The molecule has 0 radical (unpaired) electrons. The van der Waals surface area contributed by atoms with E-state index in [-0.39, 0.29) is 18.2 Å². The second-order valence-electron chi connectivity index (χ2n) is 6.95. The zero-order valence-corrected chi connectivity index (χ0v) is 16.3. The van der Waals surface area contributed by atoms with E-state index in [1.165, 1.54) is 7.05 Å². The molecule has 1 fully saturated rings. The predicted octanol–water partition coefficient (Wildman–Crippen LogP) is 2.13. The van der Waals surface area contributed by atoms with Crippen LogP contribution in [0.2, 0.25) is 0 Å². The normalized spacial score (nSPS) is 19.5. The molecule has 11 heteroatoms. The number of hydrogen-bond donors (Lipinski definition) is 3. The van der Waals surface area contributed by atoms with Crippen molar-refractivity contribution >= 4 is 21.6 Å². The molecule has 2 atom stereocenters. The molecule has 0 spiro atoms. The third kappa shape index (κ3) is 4.31. The first-order valence-electron chi connectivity index (χ1n) is 8.88. The molecule has 0 aliphatic heterocycles. The maximum atomic E-state index is 14.9. The van der Waals surface area contributed by atoms with E-state index in [1.54, 1.807) is 0 Å². The molecule has 7 nitrogen and oxygen atoms in total. The molecule has 3 N–H and O–H groups in total. The summed E-state index contributed by atoms with van der Waals surface area (Å²) in [6, 6.07) is 2.09. The number of hydrogen-bond acceptors (Lipinski definition) is 4. The van der Waals surface area contributed by atoms with Crippen molar-refractivity contribution in [1.29, 1.82) is 0 Å². The Kier molecular flexibility index (Phi) is 6.01. The molecule has 1 amide bonds. The summed E-state index contributed by atoms with van der Waals surface area (Å²) in [6.45, 7) is -0.188. The van der Waals surface area contributed by atoms with Crippen molar-refractivity contribution in [2.75, 3.05) is 11.9 Å². The lowest BCUT2D eigenvalue weighted by molar-refractivity contribution is 0.101. The Morgan fingerprint density at radius 1 is 1.24 bits per heavy atom. The third-order valence-electron chi connectivity index (χ3n) is 4.97. The summed E-state index contributed by atoms with van der Waals surface area (Å²) in [5.41, 5.74) is -0.700. The molecule has 2 unspecified atom stereocenters. The highest BCUT2D eigenvalue weighted by atomic mass is 32.2. The average Bonchev–Trinajstić information content (AvgIpc) is 3.21. The first-order chi connectivity index (χ1) is 13.6. The lowest BCUT2D eigenvalue weighted by Gasteiger charge is -2.18. The van der Waals surface area contributed by atoms with Gasteiger partial charge in [0.25, 0.3) is 5.91 Å². The van der Waals surface area contributed by atoms with Crippen molar-refractivity contribution in [2.24, 2.45) is 13.0 Å². The minimum Gasteiger partial charge on any atom is -0.396 e. The number of carbonyl (C=O) groups excluding carboxylic acids is 1. The Labute approximate surface area is 165 Å². The highest BCUT2D eigenvalue weighted by molar-refractivity contribution is 7.89. The fraction of sp³-hybridized carbons (Fsp3) is 0.389. The van der Waals surface area contributed by atoms with Crippen LogP contribution in [0.3, 0.4) is 0 Å². The molecule has 158 valence electrons. The number of aliphatic hydroxyl groups is 1.